The van der Waals surface area contributed by atoms with E-state index >= 15 is 0 Å². The molecule has 1 atom stereocenters. The first-order valence-corrected chi connectivity index (χ1v) is 28.5. The molecule has 0 aliphatic rings. The van der Waals surface area contributed by atoms with Gasteiger partial charge in [0.1, 0.15) is 13.2 Å². The summed E-state index contributed by atoms with van der Waals surface area (Å²) in [7, 11) is 0. The molecule has 0 aliphatic carbocycles. The molecule has 0 saturated carbocycles. The third kappa shape index (κ3) is 52.5. The lowest BCUT2D eigenvalue weighted by atomic mass is 10.0. The zero-order chi connectivity index (χ0) is 47.2. The summed E-state index contributed by atoms with van der Waals surface area (Å²) in [5, 5.41) is 0. The number of rotatable bonds is 52. The van der Waals surface area contributed by atoms with Crippen LogP contribution in [0.25, 0.3) is 0 Å². The van der Waals surface area contributed by atoms with Crippen LogP contribution in [0.5, 0.6) is 0 Å². The molecule has 0 saturated heterocycles. The van der Waals surface area contributed by atoms with E-state index in [1.807, 2.05) is 0 Å². The number of carbonyl (C=O) groups is 3. The Kier molecular flexibility index (Phi) is 52.3. The SMILES string of the molecule is CCCCC/C=C/C/C=C/CCCCCCCC(=O)O[C@@H](COC(=O)CCCCCCCCC/C=C/CCCCCCCC)COC(=O)CCCCCCCCCCCCCCCCC. The lowest BCUT2D eigenvalue weighted by molar-refractivity contribution is -0.167. The van der Waals surface area contributed by atoms with Gasteiger partial charge in [-0.15, -0.1) is 0 Å². The fraction of sp³-hybridized carbons (Fsp3) is 0.847. The Morgan fingerprint density at radius 3 is 0.892 bits per heavy atom. The standard InChI is InChI=1S/C59H108O6/c1-4-7-10-13-16-19-22-25-28-29-32-34-37-40-43-46-49-52-58(61)64-55-56(65-59(62)53-50-47-44-41-38-35-31-27-24-21-18-15-12-9-6-3)54-63-57(60)51-48-45-42-39-36-33-30-26-23-20-17-14-11-8-5-2/h18,21,25,27-28,31,56H,4-17,19-20,22-24,26,29-30,32-55H2,1-3H3/b21-18+,28-25+,31-27+/t56-/m1/s1. The Morgan fingerprint density at radius 1 is 0.308 bits per heavy atom. The average Bonchev–Trinajstić information content (AvgIpc) is 3.30. The summed E-state index contributed by atoms with van der Waals surface area (Å²) in [6.45, 7) is 6.63. The van der Waals surface area contributed by atoms with E-state index in [2.05, 4.69) is 57.2 Å². The van der Waals surface area contributed by atoms with Crippen molar-refractivity contribution in [3.8, 4) is 0 Å². The molecule has 0 unspecified atom stereocenters. The van der Waals surface area contributed by atoms with Gasteiger partial charge in [0.2, 0.25) is 0 Å². The molecule has 0 radical (unpaired) electrons. The largest absolute Gasteiger partial charge is 0.462 e. The Bertz CT molecular complexity index is 1090. The van der Waals surface area contributed by atoms with Crippen LogP contribution in [0.3, 0.4) is 0 Å². The Morgan fingerprint density at radius 2 is 0.554 bits per heavy atom. The second-order valence-corrected chi connectivity index (χ2v) is 19.2. The maximum atomic E-state index is 12.8. The maximum absolute atomic E-state index is 12.8. The van der Waals surface area contributed by atoms with Crippen LogP contribution in [0, 0.1) is 0 Å². The van der Waals surface area contributed by atoms with Crippen molar-refractivity contribution in [1.29, 1.82) is 0 Å². The highest BCUT2D eigenvalue weighted by molar-refractivity contribution is 5.71. The molecule has 0 aromatic carbocycles. The summed E-state index contributed by atoms with van der Waals surface area (Å²) in [5.41, 5.74) is 0. The number of allylic oxidation sites excluding steroid dienone is 6. The van der Waals surface area contributed by atoms with E-state index in [4.69, 9.17) is 14.2 Å². The summed E-state index contributed by atoms with van der Waals surface area (Å²) in [5.74, 6) is -0.878. The zero-order valence-corrected chi connectivity index (χ0v) is 43.5. The van der Waals surface area contributed by atoms with Gasteiger partial charge in [-0.3, -0.25) is 14.4 Å². The minimum absolute atomic E-state index is 0.0757. The molecule has 6 heteroatoms. The molecule has 0 rings (SSSR count). The molecule has 0 heterocycles. The van der Waals surface area contributed by atoms with Crippen molar-refractivity contribution in [2.24, 2.45) is 0 Å². The number of esters is 3. The number of unbranched alkanes of at least 4 members (excludes halogenated alkanes) is 35. The summed E-state index contributed by atoms with van der Waals surface area (Å²) in [4.78, 5) is 38.1. The van der Waals surface area contributed by atoms with Gasteiger partial charge >= 0.3 is 17.9 Å². The fourth-order valence-corrected chi connectivity index (χ4v) is 8.29. The van der Waals surface area contributed by atoms with Gasteiger partial charge in [-0.2, -0.15) is 0 Å². The van der Waals surface area contributed by atoms with E-state index in [9.17, 15) is 14.4 Å². The smallest absolute Gasteiger partial charge is 0.306 e. The van der Waals surface area contributed by atoms with Gasteiger partial charge in [0.25, 0.3) is 0 Å². The lowest BCUT2D eigenvalue weighted by Gasteiger charge is -2.18. The second-order valence-electron chi connectivity index (χ2n) is 19.2. The molecular weight excluding hydrogens is 805 g/mol. The summed E-state index contributed by atoms with van der Waals surface area (Å²) in [6, 6.07) is 0. The highest BCUT2D eigenvalue weighted by Crippen LogP contribution is 2.16. The van der Waals surface area contributed by atoms with Crippen LogP contribution < -0.4 is 0 Å². The third-order valence-corrected chi connectivity index (χ3v) is 12.6. The zero-order valence-electron chi connectivity index (χ0n) is 43.5. The van der Waals surface area contributed by atoms with Crippen LogP contribution in [0.15, 0.2) is 36.5 Å². The molecule has 0 aliphatic heterocycles. The normalized spacial score (nSPS) is 12.2. The van der Waals surface area contributed by atoms with E-state index in [1.165, 1.54) is 180 Å². The van der Waals surface area contributed by atoms with E-state index in [-0.39, 0.29) is 31.1 Å². The van der Waals surface area contributed by atoms with Crippen molar-refractivity contribution in [3.63, 3.8) is 0 Å². The molecule has 380 valence electrons. The van der Waals surface area contributed by atoms with Crippen molar-refractivity contribution in [2.75, 3.05) is 13.2 Å². The number of ether oxygens (including phenoxy) is 3. The van der Waals surface area contributed by atoms with Crippen molar-refractivity contribution in [3.05, 3.63) is 36.5 Å². The monoisotopic (exact) mass is 913 g/mol. The van der Waals surface area contributed by atoms with Gasteiger partial charge in [0.05, 0.1) is 0 Å². The topological polar surface area (TPSA) is 78.9 Å². The molecule has 0 aromatic heterocycles. The lowest BCUT2D eigenvalue weighted by Crippen LogP contribution is -2.30. The number of hydrogen-bond acceptors (Lipinski definition) is 6. The van der Waals surface area contributed by atoms with E-state index in [1.54, 1.807) is 0 Å². The highest BCUT2D eigenvalue weighted by Gasteiger charge is 2.19. The first-order chi connectivity index (χ1) is 32.0. The van der Waals surface area contributed by atoms with Crippen molar-refractivity contribution in [1.82, 2.24) is 0 Å². The molecule has 6 nitrogen and oxygen atoms in total. The molecule has 0 fully saturated rings. The first kappa shape index (κ1) is 62.6. The van der Waals surface area contributed by atoms with E-state index in [0.29, 0.717) is 19.3 Å². The Hall–Kier alpha value is -2.37. The summed E-state index contributed by atoms with van der Waals surface area (Å²) < 4.78 is 16.9. The van der Waals surface area contributed by atoms with Gasteiger partial charge in [-0.1, -0.05) is 243 Å². The van der Waals surface area contributed by atoms with Gasteiger partial charge in [0, 0.05) is 19.3 Å². The van der Waals surface area contributed by atoms with Gasteiger partial charge in [-0.25, -0.2) is 0 Å². The van der Waals surface area contributed by atoms with Crippen LogP contribution >= 0.6 is 0 Å². The Labute approximate surface area is 404 Å². The maximum Gasteiger partial charge on any atom is 0.306 e. The molecule has 65 heavy (non-hydrogen) atoms. The minimum Gasteiger partial charge on any atom is -0.462 e. The highest BCUT2D eigenvalue weighted by atomic mass is 16.6. The molecule has 0 spiro atoms. The van der Waals surface area contributed by atoms with Crippen LogP contribution in [0.1, 0.15) is 303 Å². The van der Waals surface area contributed by atoms with Crippen molar-refractivity contribution >= 4 is 17.9 Å². The van der Waals surface area contributed by atoms with Crippen molar-refractivity contribution < 1.29 is 28.6 Å². The molecule has 0 aromatic rings. The number of hydrogen-bond donors (Lipinski definition) is 0. The van der Waals surface area contributed by atoms with Gasteiger partial charge in [0.15, 0.2) is 6.10 Å². The predicted octanol–water partition coefficient (Wildman–Crippen LogP) is 18.9. The average molecular weight is 914 g/mol. The number of carbonyl (C=O) groups excluding carboxylic acids is 3. The van der Waals surface area contributed by atoms with Crippen LogP contribution in [0.4, 0.5) is 0 Å². The van der Waals surface area contributed by atoms with E-state index in [0.717, 1.165) is 83.5 Å². The predicted molar refractivity (Wildman–Crippen MR) is 279 cm³/mol. The summed E-state index contributed by atoms with van der Waals surface area (Å²) in [6.07, 6.45) is 64.1. The minimum atomic E-state index is -0.778. The van der Waals surface area contributed by atoms with Crippen molar-refractivity contribution in [2.45, 2.75) is 309 Å². The quantitative estimate of drug-likeness (QED) is 0.0262. The Balaban J connectivity index is 4.37. The van der Waals surface area contributed by atoms with Crippen LogP contribution in [-0.2, 0) is 28.6 Å². The first-order valence-electron chi connectivity index (χ1n) is 28.5. The van der Waals surface area contributed by atoms with Gasteiger partial charge in [-0.05, 0) is 77.0 Å². The van der Waals surface area contributed by atoms with Gasteiger partial charge < -0.3 is 14.2 Å². The summed E-state index contributed by atoms with van der Waals surface area (Å²) >= 11 is 0. The third-order valence-electron chi connectivity index (χ3n) is 12.6. The molecule has 0 amide bonds. The fourth-order valence-electron chi connectivity index (χ4n) is 8.29. The van der Waals surface area contributed by atoms with E-state index < -0.39 is 6.10 Å². The molecular formula is C59H108O6. The molecule has 0 bridgehead atoms. The molecule has 0 N–H and O–H groups in total. The second kappa shape index (κ2) is 54.2. The van der Waals surface area contributed by atoms with Crippen LogP contribution in [-0.4, -0.2) is 37.2 Å². The van der Waals surface area contributed by atoms with Crippen LogP contribution in [0.2, 0.25) is 0 Å².